The number of hydrogen-bond acceptors (Lipinski definition) is 3. The molecule has 0 bridgehead atoms. The molecular formula is C5H4BrN3NaO+. The normalized spacial score (nSPS) is 8.09. The van der Waals surface area contributed by atoms with Gasteiger partial charge in [-0.1, -0.05) is 0 Å². The fourth-order valence-electron chi connectivity index (χ4n) is 0.489. The van der Waals surface area contributed by atoms with Gasteiger partial charge in [-0.05, 0) is 28.1 Å². The predicted molar refractivity (Wildman–Crippen MR) is 41.4 cm³/mol. The van der Waals surface area contributed by atoms with E-state index in [1.54, 1.807) is 18.3 Å². The Kier molecular flexibility index (Phi) is 5.67. The van der Waals surface area contributed by atoms with Crippen molar-refractivity contribution in [1.82, 2.24) is 4.98 Å². The first-order valence-electron chi connectivity index (χ1n) is 2.53. The standard InChI is InChI=1S/C5H4BrN3O.Na/c6-4-1-2-5(7-3-4)8-9-10;/h1-3H,(H,7,8,10);/q;+1. The second-order valence-corrected chi connectivity index (χ2v) is 2.48. The Morgan fingerprint density at radius 1 is 1.55 bits per heavy atom. The van der Waals surface area contributed by atoms with Gasteiger partial charge in [0.1, 0.15) is 5.82 Å². The number of aromatic nitrogens is 1. The molecule has 0 atom stereocenters. The Hall–Kier alpha value is 0.0300. The molecule has 1 rings (SSSR count). The molecule has 52 valence electrons. The minimum Gasteiger partial charge on any atom is -0.236 e. The van der Waals surface area contributed by atoms with E-state index in [1.165, 1.54) is 0 Å². The van der Waals surface area contributed by atoms with Crippen molar-refractivity contribution in [3.8, 4) is 0 Å². The van der Waals surface area contributed by atoms with E-state index in [0.717, 1.165) is 4.47 Å². The van der Waals surface area contributed by atoms with Crippen LogP contribution in [0.15, 0.2) is 28.1 Å². The first-order valence-corrected chi connectivity index (χ1v) is 3.32. The van der Waals surface area contributed by atoms with Gasteiger partial charge in [-0.2, -0.15) is 0 Å². The summed E-state index contributed by atoms with van der Waals surface area (Å²) < 4.78 is 0.865. The summed E-state index contributed by atoms with van der Waals surface area (Å²) in [5.41, 5.74) is 2.17. The molecule has 0 unspecified atom stereocenters. The molecule has 0 radical (unpaired) electrons. The number of nitrogens with zero attached hydrogens (tertiary/aromatic N) is 2. The summed E-state index contributed by atoms with van der Waals surface area (Å²) in [7, 11) is 0. The molecule has 0 spiro atoms. The third-order valence-corrected chi connectivity index (χ3v) is 1.36. The minimum atomic E-state index is 0. The van der Waals surface area contributed by atoms with Crippen molar-refractivity contribution in [2.24, 2.45) is 5.29 Å². The van der Waals surface area contributed by atoms with Crippen molar-refractivity contribution in [1.29, 1.82) is 0 Å². The van der Waals surface area contributed by atoms with Crippen LogP contribution in [-0.2, 0) is 0 Å². The van der Waals surface area contributed by atoms with Crippen LogP contribution >= 0.6 is 15.9 Å². The van der Waals surface area contributed by atoms with Gasteiger partial charge in [0.15, 0.2) is 0 Å². The van der Waals surface area contributed by atoms with Gasteiger partial charge in [0, 0.05) is 10.7 Å². The number of nitrogens with one attached hydrogen (secondary N) is 1. The third-order valence-electron chi connectivity index (χ3n) is 0.888. The van der Waals surface area contributed by atoms with Crippen LogP contribution in [0, 0.1) is 4.91 Å². The van der Waals surface area contributed by atoms with Crippen molar-refractivity contribution in [3.05, 3.63) is 27.7 Å². The molecule has 1 aromatic rings. The van der Waals surface area contributed by atoms with Crippen LogP contribution in [0.4, 0.5) is 5.82 Å². The summed E-state index contributed by atoms with van der Waals surface area (Å²) in [5, 5.41) is 2.46. The van der Waals surface area contributed by atoms with Crippen molar-refractivity contribution >= 4 is 21.7 Å². The molecule has 6 heteroatoms. The zero-order valence-corrected chi connectivity index (χ0v) is 9.50. The summed E-state index contributed by atoms with van der Waals surface area (Å²) in [6.07, 6.45) is 1.58. The van der Waals surface area contributed by atoms with Gasteiger partial charge in [-0.15, -0.1) is 4.91 Å². The van der Waals surface area contributed by atoms with Crippen LogP contribution in [0.25, 0.3) is 0 Å². The van der Waals surface area contributed by atoms with Crippen LogP contribution in [-0.4, -0.2) is 4.98 Å². The smallest absolute Gasteiger partial charge is 0.236 e. The van der Waals surface area contributed by atoms with E-state index in [1.807, 2.05) is 0 Å². The maximum atomic E-state index is 9.65. The van der Waals surface area contributed by atoms with Crippen LogP contribution in [0.2, 0.25) is 0 Å². The van der Waals surface area contributed by atoms with Gasteiger partial charge in [-0.25, -0.2) is 10.4 Å². The van der Waals surface area contributed by atoms with Gasteiger partial charge in [-0.3, -0.25) is 0 Å². The summed E-state index contributed by atoms with van der Waals surface area (Å²) >= 11 is 3.20. The zero-order valence-electron chi connectivity index (χ0n) is 5.91. The van der Waals surface area contributed by atoms with Crippen LogP contribution in [0.1, 0.15) is 0 Å². The summed E-state index contributed by atoms with van der Waals surface area (Å²) in [4.78, 5) is 13.5. The fourth-order valence-corrected chi connectivity index (χ4v) is 0.723. The molecular weight excluding hydrogens is 221 g/mol. The van der Waals surface area contributed by atoms with E-state index in [-0.39, 0.29) is 29.6 Å². The van der Waals surface area contributed by atoms with Gasteiger partial charge < -0.3 is 0 Å². The average molecular weight is 225 g/mol. The first kappa shape index (κ1) is 11.0. The van der Waals surface area contributed by atoms with E-state index in [4.69, 9.17) is 0 Å². The third kappa shape index (κ3) is 3.81. The van der Waals surface area contributed by atoms with E-state index in [2.05, 4.69) is 31.6 Å². The molecule has 1 heterocycles. The Balaban J connectivity index is 0.000001000. The van der Waals surface area contributed by atoms with Crippen LogP contribution in [0.3, 0.4) is 0 Å². The first-order chi connectivity index (χ1) is 4.83. The second kappa shape index (κ2) is 5.65. The molecule has 4 nitrogen and oxygen atoms in total. The van der Waals surface area contributed by atoms with E-state index in [0.29, 0.717) is 5.82 Å². The number of anilines is 1. The number of nitroso groups, excluding NO2 is 1. The van der Waals surface area contributed by atoms with Crippen molar-refractivity contribution in [3.63, 3.8) is 0 Å². The molecule has 0 amide bonds. The Bertz CT molecular complexity index is 228. The maximum Gasteiger partial charge on any atom is 1.00 e. The van der Waals surface area contributed by atoms with Gasteiger partial charge >= 0.3 is 29.6 Å². The largest absolute Gasteiger partial charge is 1.00 e. The topological polar surface area (TPSA) is 54.4 Å². The number of rotatable bonds is 2. The molecule has 0 saturated heterocycles. The fraction of sp³-hybridized carbons (Fsp3) is 0. The number of pyridine rings is 1. The average Bonchev–Trinajstić information content (AvgIpc) is 1.95. The van der Waals surface area contributed by atoms with Crippen LogP contribution in [0.5, 0.6) is 0 Å². The van der Waals surface area contributed by atoms with Gasteiger partial charge in [0.05, 0.1) is 5.29 Å². The monoisotopic (exact) mass is 224 g/mol. The summed E-state index contributed by atoms with van der Waals surface area (Å²) in [6.45, 7) is 0. The quantitative estimate of drug-likeness (QED) is 0.396. The SMILES string of the molecule is O=NNc1ccc(Br)cn1.[Na+]. The predicted octanol–water partition coefficient (Wildman–Crippen LogP) is -1.06. The molecule has 11 heavy (non-hydrogen) atoms. The Morgan fingerprint density at radius 3 is 2.73 bits per heavy atom. The molecule has 1 N–H and O–H groups in total. The summed E-state index contributed by atoms with van der Waals surface area (Å²) in [6, 6.07) is 3.41. The number of halogens is 1. The zero-order chi connectivity index (χ0) is 7.40. The molecule has 0 aliphatic rings. The van der Waals surface area contributed by atoms with Crippen molar-refractivity contribution in [2.45, 2.75) is 0 Å². The second-order valence-electron chi connectivity index (χ2n) is 1.56. The molecule has 0 saturated carbocycles. The van der Waals surface area contributed by atoms with E-state index < -0.39 is 0 Å². The van der Waals surface area contributed by atoms with Crippen molar-refractivity contribution < 1.29 is 29.6 Å². The van der Waals surface area contributed by atoms with E-state index in [9.17, 15) is 4.91 Å². The molecule has 0 aliphatic carbocycles. The van der Waals surface area contributed by atoms with E-state index >= 15 is 0 Å². The molecule has 0 aromatic carbocycles. The summed E-state index contributed by atoms with van der Waals surface area (Å²) in [5.74, 6) is 0.443. The number of hydrogen-bond donors (Lipinski definition) is 1. The molecule has 0 fully saturated rings. The Morgan fingerprint density at radius 2 is 2.27 bits per heavy atom. The van der Waals surface area contributed by atoms with Crippen molar-refractivity contribution in [2.75, 3.05) is 5.43 Å². The Labute approximate surface area is 94.1 Å². The molecule has 0 aliphatic heterocycles. The van der Waals surface area contributed by atoms with Crippen LogP contribution < -0.4 is 35.0 Å². The molecule has 1 aromatic heterocycles. The minimum absolute atomic E-state index is 0. The van der Waals surface area contributed by atoms with Gasteiger partial charge in [0.25, 0.3) is 0 Å². The maximum absolute atomic E-state index is 9.65. The van der Waals surface area contributed by atoms with Gasteiger partial charge in [0.2, 0.25) is 0 Å².